The van der Waals surface area contributed by atoms with E-state index in [4.69, 9.17) is 15.5 Å². The average molecular weight is 472 g/mol. The Hall–Kier alpha value is -4.17. The topological polar surface area (TPSA) is 91.5 Å². The summed E-state index contributed by atoms with van der Waals surface area (Å²) in [7, 11) is 5.43. The Bertz CT molecular complexity index is 1240. The van der Waals surface area contributed by atoms with Gasteiger partial charge in [0.25, 0.3) is 5.91 Å². The molecule has 8 nitrogen and oxygen atoms in total. The van der Waals surface area contributed by atoms with E-state index < -0.39 is 12.2 Å². The summed E-state index contributed by atoms with van der Waals surface area (Å²) in [6.07, 6.45) is -1.20. The zero-order chi connectivity index (χ0) is 24.9. The minimum atomic E-state index is -1.20. The molecule has 0 bridgehead atoms. The third kappa shape index (κ3) is 5.02. The highest BCUT2D eigenvalue weighted by Gasteiger charge is 2.38. The molecule has 1 atom stereocenters. The lowest BCUT2D eigenvalue weighted by atomic mass is 10.0. The van der Waals surface area contributed by atoms with Crippen LogP contribution in [0.4, 0.5) is 16.2 Å². The lowest BCUT2D eigenvalue weighted by molar-refractivity contribution is -0.119. The quantitative estimate of drug-likeness (QED) is 0.572. The predicted molar refractivity (Wildman–Crippen MR) is 138 cm³/mol. The summed E-state index contributed by atoms with van der Waals surface area (Å²) in [6, 6.07) is 23.4. The Morgan fingerprint density at radius 1 is 1.03 bits per heavy atom. The van der Waals surface area contributed by atoms with Gasteiger partial charge in [-0.25, -0.2) is 9.79 Å². The number of amides is 3. The van der Waals surface area contributed by atoms with Crippen LogP contribution in [0, 0.1) is 0 Å². The van der Waals surface area contributed by atoms with Crippen molar-refractivity contribution in [1.29, 1.82) is 0 Å². The molecule has 0 saturated heterocycles. The number of hydrogen-bond acceptors (Lipinski definition) is 5. The van der Waals surface area contributed by atoms with E-state index >= 15 is 0 Å². The molecule has 1 aliphatic rings. The van der Waals surface area contributed by atoms with Gasteiger partial charge < -0.3 is 20.3 Å². The Labute approximate surface area is 205 Å². The molecule has 0 radical (unpaired) electrons. The molecule has 0 spiro atoms. The summed E-state index contributed by atoms with van der Waals surface area (Å²) in [6.45, 7) is 1.05. The highest BCUT2D eigenvalue weighted by molar-refractivity contribution is 6.21. The molecule has 3 amide bonds. The minimum absolute atomic E-state index is 0.341. The van der Waals surface area contributed by atoms with Crippen LogP contribution in [0.1, 0.15) is 11.1 Å². The van der Waals surface area contributed by atoms with Gasteiger partial charge in [-0.2, -0.15) is 0 Å². The van der Waals surface area contributed by atoms with Crippen molar-refractivity contribution in [2.45, 2.75) is 6.17 Å². The zero-order valence-electron chi connectivity index (χ0n) is 20.1. The maximum atomic E-state index is 14.1. The standard InChI is InChI=1S/C27H29N5O3/c1-30(2)16-17-31-23-15-8-7-14-22(23)24(19-10-5-4-6-11-19)29-25(26(31)33)32(27(28)34)20-12-9-13-21(18-20)35-3/h4-15,18,25H,16-17H2,1-3H3,(H2,28,34). The molecule has 4 rings (SSSR count). The van der Waals surface area contributed by atoms with Gasteiger partial charge in [0, 0.05) is 30.3 Å². The lowest BCUT2D eigenvalue weighted by Gasteiger charge is -2.31. The molecule has 1 unspecified atom stereocenters. The number of urea groups is 1. The highest BCUT2D eigenvalue weighted by Crippen LogP contribution is 2.31. The van der Waals surface area contributed by atoms with E-state index in [9.17, 15) is 9.59 Å². The van der Waals surface area contributed by atoms with Crippen LogP contribution in [0.25, 0.3) is 0 Å². The van der Waals surface area contributed by atoms with Crippen molar-refractivity contribution in [3.05, 3.63) is 90.0 Å². The van der Waals surface area contributed by atoms with Gasteiger partial charge in [0.15, 0.2) is 0 Å². The van der Waals surface area contributed by atoms with Crippen LogP contribution in [0.3, 0.4) is 0 Å². The molecule has 0 aromatic heterocycles. The number of anilines is 2. The number of fused-ring (bicyclic) bond motifs is 1. The van der Waals surface area contributed by atoms with E-state index in [1.165, 1.54) is 12.0 Å². The van der Waals surface area contributed by atoms with E-state index in [-0.39, 0.29) is 5.91 Å². The number of methoxy groups -OCH3 is 1. The number of hydrogen-bond donors (Lipinski definition) is 1. The normalized spacial score (nSPS) is 15.3. The summed E-state index contributed by atoms with van der Waals surface area (Å²) in [5, 5.41) is 0. The first kappa shape index (κ1) is 24.0. The number of carbonyl (C=O) groups is 2. The maximum absolute atomic E-state index is 14.1. The number of likely N-dealkylation sites (N-methyl/N-ethyl adjacent to an activating group) is 1. The van der Waals surface area contributed by atoms with E-state index in [1.807, 2.05) is 73.6 Å². The number of nitrogens with two attached hydrogens (primary N) is 1. The first-order chi connectivity index (χ1) is 16.9. The highest BCUT2D eigenvalue weighted by atomic mass is 16.5. The number of benzodiazepines with no additional fused rings is 1. The van der Waals surface area contributed by atoms with Crippen molar-refractivity contribution < 1.29 is 14.3 Å². The van der Waals surface area contributed by atoms with Crippen LogP contribution in [0.5, 0.6) is 5.75 Å². The number of carbonyl (C=O) groups excluding carboxylic acids is 2. The SMILES string of the molecule is COc1cccc(N(C(N)=O)C2N=C(c3ccccc3)c3ccccc3N(CCN(C)C)C2=O)c1. The smallest absolute Gasteiger partial charge is 0.321 e. The van der Waals surface area contributed by atoms with Crippen molar-refractivity contribution in [2.75, 3.05) is 44.1 Å². The summed E-state index contributed by atoms with van der Waals surface area (Å²) in [5.41, 5.74) is 9.27. The average Bonchev–Trinajstić information content (AvgIpc) is 2.98. The van der Waals surface area contributed by atoms with Gasteiger partial charge >= 0.3 is 6.03 Å². The number of nitrogens with zero attached hydrogens (tertiary/aromatic N) is 4. The van der Waals surface area contributed by atoms with Crippen molar-refractivity contribution in [1.82, 2.24) is 4.90 Å². The Kier molecular flexibility index (Phi) is 7.12. The fourth-order valence-electron chi connectivity index (χ4n) is 4.09. The Balaban J connectivity index is 1.93. The minimum Gasteiger partial charge on any atom is -0.497 e. The molecule has 180 valence electrons. The number of ether oxygens (including phenoxy) is 1. The molecular formula is C27H29N5O3. The van der Waals surface area contributed by atoms with Crippen LogP contribution in [-0.2, 0) is 4.79 Å². The largest absolute Gasteiger partial charge is 0.497 e. The Morgan fingerprint density at radius 3 is 2.43 bits per heavy atom. The fraction of sp³-hybridized carbons (Fsp3) is 0.222. The Morgan fingerprint density at radius 2 is 1.74 bits per heavy atom. The molecule has 1 aliphatic heterocycles. The summed E-state index contributed by atoms with van der Waals surface area (Å²) < 4.78 is 5.34. The van der Waals surface area contributed by atoms with Crippen LogP contribution in [0.2, 0.25) is 0 Å². The van der Waals surface area contributed by atoms with Gasteiger partial charge in [0.05, 0.1) is 24.2 Å². The fourth-order valence-corrected chi connectivity index (χ4v) is 4.09. The van der Waals surface area contributed by atoms with Crippen LogP contribution in [0.15, 0.2) is 83.9 Å². The molecule has 3 aromatic carbocycles. The van der Waals surface area contributed by atoms with Crippen molar-refractivity contribution in [2.24, 2.45) is 10.7 Å². The van der Waals surface area contributed by atoms with Crippen LogP contribution >= 0.6 is 0 Å². The van der Waals surface area contributed by atoms with E-state index in [1.54, 1.807) is 29.2 Å². The van der Waals surface area contributed by atoms with Crippen molar-refractivity contribution in [3.8, 4) is 5.75 Å². The molecule has 35 heavy (non-hydrogen) atoms. The summed E-state index contributed by atoms with van der Waals surface area (Å²) >= 11 is 0. The lowest BCUT2D eigenvalue weighted by Crippen LogP contribution is -2.53. The molecular weight excluding hydrogens is 442 g/mol. The molecule has 0 fully saturated rings. The van der Waals surface area contributed by atoms with Gasteiger partial charge in [-0.3, -0.25) is 9.69 Å². The van der Waals surface area contributed by atoms with Gasteiger partial charge in [-0.15, -0.1) is 0 Å². The number of aliphatic imine (C=N–C) groups is 1. The maximum Gasteiger partial charge on any atom is 0.321 e. The second kappa shape index (κ2) is 10.4. The van der Waals surface area contributed by atoms with E-state index in [2.05, 4.69) is 0 Å². The zero-order valence-corrected chi connectivity index (χ0v) is 20.1. The van der Waals surface area contributed by atoms with Crippen LogP contribution < -0.4 is 20.3 Å². The number of benzene rings is 3. The third-order valence-corrected chi connectivity index (χ3v) is 5.82. The molecule has 0 aliphatic carbocycles. The number of primary amides is 1. The molecule has 3 aromatic rings. The van der Waals surface area contributed by atoms with E-state index in [0.29, 0.717) is 30.2 Å². The molecule has 8 heteroatoms. The molecule has 1 heterocycles. The predicted octanol–water partition coefficient (Wildman–Crippen LogP) is 3.35. The van der Waals surface area contributed by atoms with Gasteiger partial charge in [-0.05, 0) is 32.3 Å². The number of rotatable bonds is 7. The van der Waals surface area contributed by atoms with Crippen LogP contribution in [-0.4, -0.2) is 63.0 Å². The molecule has 2 N–H and O–H groups in total. The number of para-hydroxylation sites is 1. The third-order valence-electron chi connectivity index (χ3n) is 5.82. The van der Waals surface area contributed by atoms with Crippen molar-refractivity contribution >= 4 is 29.0 Å². The van der Waals surface area contributed by atoms with Gasteiger partial charge in [-0.1, -0.05) is 54.6 Å². The molecule has 0 saturated carbocycles. The monoisotopic (exact) mass is 471 g/mol. The van der Waals surface area contributed by atoms with Gasteiger partial charge in [0.2, 0.25) is 6.17 Å². The first-order valence-electron chi connectivity index (χ1n) is 11.3. The van der Waals surface area contributed by atoms with Gasteiger partial charge in [0.1, 0.15) is 5.75 Å². The van der Waals surface area contributed by atoms with Crippen molar-refractivity contribution in [3.63, 3.8) is 0 Å². The summed E-state index contributed by atoms with van der Waals surface area (Å²) in [5.74, 6) is 0.196. The first-order valence-corrected chi connectivity index (χ1v) is 11.3. The second-order valence-electron chi connectivity index (χ2n) is 8.44. The summed E-state index contributed by atoms with van der Waals surface area (Å²) in [4.78, 5) is 36.7. The second-order valence-corrected chi connectivity index (χ2v) is 8.44. The van der Waals surface area contributed by atoms with E-state index in [0.717, 1.165) is 16.8 Å².